The summed E-state index contributed by atoms with van der Waals surface area (Å²) in [6.07, 6.45) is 0. The smallest absolute Gasteiger partial charge is 0.129 e. The molecule has 1 heterocycles. The zero-order valence-electron chi connectivity index (χ0n) is 23.7. The van der Waals surface area contributed by atoms with E-state index in [-0.39, 0.29) is 0 Å². The number of ether oxygens (including phenoxy) is 1. The van der Waals surface area contributed by atoms with E-state index in [4.69, 9.17) is 4.74 Å². The number of anilines is 3. The Balaban J connectivity index is 1.30. The maximum Gasteiger partial charge on any atom is 0.129 e. The fraction of sp³-hybridized carbons (Fsp3) is 0.0244. The molecule has 0 radical (unpaired) electrons. The van der Waals surface area contributed by atoms with Crippen LogP contribution in [0.3, 0.4) is 0 Å². The van der Waals surface area contributed by atoms with Gasteiger partial charge >= 0.3 is 0 Å². The minimum absolute atomic E-state index is 0.564. The number of hydrogen-bond acceptors (Lipinski definition) is 2. The Hall–Kier alpha value is -5.60. The van der Waals surface area contributed by atoms with E-state index in [0.29, 0.717) is 6.61 Å². The van der Waals surface area contributed by atoms with Gasteiger partial charge in [0.25, 0.3) is 0 Å². The van der Waals surface area contributed by atoms with Gasteiger partial charge in [-0.05, 0) is 92.7 Å². The van der Waals surface area contributed by atoms with Crippen LogP contribution in [0.4, 0.5) is 17.1 Å². The van der Waals surface area contributed by atoms with Gasteiger partial charge in [0.2, 0.25) is 0 Å². The molecule has 0 aromatic heterocycles. The van der Waals surface area contributed by atoms with Crippen LogP contribution in [0.25, 0.3) is 44.2 Å². The minimum atomic E-state index is 0.564. The molecule has 1 aliphatic rings. The van der Waals surface area contributed by atoms with Gasteiger partial charge in [0.05, 0.1) is 5.69 Å². The lowest BCUT2D eigenvalue weighted by atomic mass is 9.91. The van der Waals surface area contributed by atoms with Crippen LogP contribution < -0.4 is 9.64 Å². The summed E-state index contributed by atoms with van der Waals surface area (Å²) < 4.78 is 6.39. The van der Waals surface area contributed by atoms with Gasteiger partial charge in [0.1, 0.15) is 12.4 Å². The summed E-state index contributed by atoms with van der Waals surface area (Å²) in [6.45, 7) is 0.564. The number of fused-ring (bicyclic) bond motifs is 4. The van der Waals surface area contributed by atoms with Crippen molar-refractivity contribution in [2.24, 2.45) is 0 Å². The first-order chi connectivity index (χ1) is 21.3. The van der Waals surface area contributed by atoms with Gasteiger partial charge in [-0.15, -0.1) is 0 Å². The number of rotatable bonds is 5. The average Bonchev–Trinajstić information content (AvgIpc) is 3.09. The topological polar surface area (TPSA) is 12.5 Å². The van der Waals surface area contributed by atoms with E-state index in [1.54, 1.807) is 0 Å². The van der Waals surface area contributed by atoms with Crippen molar-refractivity contribution in [2.45, 2.75) is 6.61 Å². The molecule has 0 atom stereocenters. The standard InChI is InChI=1S/C41H29NO/c1-3-10-29(11-4-1)31-18-22-36(23-19-31)42(37-24-20-32(21-25-37)30-12-5-2-6-13-30)39-16-9-17-40-41(39)38-27-34-15-8-7-14-33(34)26-35(38)28-43-40/h1-27H,28H2. The highest BCUT2D eigenvalue weighted by molar-refractivity contribution is 5.97. The lowest BCUT2D eigenvalue weighted by molar-refractivity contribution is 0.302. The summed E-state index contributed by atoms with van der Waals surface area (Å²) >= 11 is 0. The van der Waals surface area contributed by atoms with Crippen LogP contribution in [0.2, 0.25) is 0 Å². The van der Waals surface area contributed by atoms with Crippen LogP contribution in [0.15, 0.2) is 164 Å². The summed E-state index contributed by atoms with van der Waals surface area (Å²) in [7, 11) is 0. The molecule has 7 aromatic rings. The van der Waals surface area contributed by atoms with E-state index < -0.39 is 0 Å². The molecular formula is C41H29NO. The molecule has 0 saturated carbocycles. The van der Waals surface area contributed by atoms with Gasteiger partial charge in [-0.3, -0.25) is 0 Å². The molecule has 0 bridgehead atoms. The second-order valence-electron chi connectivity index (χ2n) is 11.0. The van der Waals surface area contributed by atoms with Crippen LogP contribution in [0, 0.1) is 0 Å². The van der Waals surface area contributed by atoms with E-state index in [1.165, 1.54) is 44.2 Å². The van der Waals surface area contributed by atoms with E-state index in [9.17, 15) is 0 Å². The van der Waals surface area contributed by atoms with Gasteiger partial charge in [0, 0.05) is 16.9 Å². The molecule has 8 rings (SSSR count). The van der Waals surface area contributed by atoms with Gasteiger partial charge in [-0.1, -0.05) is 115 Å². The Kier molecular flexibility index (Phi) is 6.23. The lowest BCUT2D eigenvalue weighted by Gasteiger charge is -2.31. The molecule has 0 unspecified atom stereocenters. The lowest BCUT2D eigenvalue weighted by Crippen LogP contribution is -2.14. The molecule has 43 heavy (non-hydrogen) atoms. The van der Waals surface area contributed by atoms with Crippen molar-refractivity contribution in [1.82, 2.24) is 0 Å². The van der Waals surface area contributed by atoms with E-state index >= 15 is 0 Å². The Labute approximate surface area is 252 Å². The predicted octanol–water partition coefficient (Wildman–Crippen LogP) is 11.2. The highest BCUT2D eigenvalue weighted by Gasteiger charge is 2.25. The van der Waals surface area contributed by atoms with Gasteiger partial charge < -0.3 is 9.64 Å². The van der Waals surface area contributed by atoms with Crippen molar-refractivity contribution >= 4 is 27.8 Å². The molecule has 2 heteroatoms. The first-order valence-corrected chi connectivity index (χ1v) is 14.7. The molecule has 0 amide bonds. The summed E-state index contributed by atoms with van der Waals surface area (Å²) in [4.78, 5) is 2.36. The van der Waals surface area contributed by atoms with Gasteiger partial charge in [-0.2, -0.15) is 0 Å². The van der Waals surface area contributed by atoms with Crippen molar-refractivity contribution in [1.29, 1.82) is 0 Å². The molecule has 7 aromatic carbocycles. The molecule has 204 valence electrons. The van der Waals surface area contributed by atoms with Crippen LogP contribution >= 0.6 is 0 Å². The summed E-state index contributed by atoms with van der Waals surface area (Å²) in [5.74, 6) is 0.909. The molecule has 0 fully saturated rings. The Morgan fingerprint density at radius 1 is 0.442 bits per heavy atom. The molecule has 1 aliphatic heterocycles. The normalized spacial score (nSPS) is 11.8. The van der Waals surface area contributed by atoms with Crippen molar-refractivity contribution in [3.05, 3.63) is 169 Å². The third kappa shape index (κ3) is 4.64. The van der Waals surface area contributed by atoms with Crippen molar-refractivity contribution in [3.8, 4) is 39.1 Å². The minimum Gasteiger partial charge on any atom is -0.488 e. The fourth-order valence-corrected chi connectivity index (χ4v) is 6.19. The third-order valence-electron chi connectivity index (χ3n) is 8.33. The molecular weight excluding hydrogens is 522 g/mol. The van der Waals surface area contributed by atoms with Crippen LogP contribution in [0.1, 0.15) is 5.56 Å². The summed E-state index contributed by atoms with van der Waals surface area (Å²) in [6, 6.07) is 58.4. The molecule has 0 spiro atoms. The molecule has 0 saturated heterocycles. The maximum absolute atomic E-state index is 6.39. The predicted molar refractivity (Wildman–Crippen MR) is 179 cm³/mol. The molecule has 0 aliphatic carbocycles. The zero-order chi connectivity index (χ0) is 28.6. The monoisotopic (exact) mass is 551 g/mol. The van der Waals surface area contributed by atoms with E-state index in [0.717, 1.165) is 28.4 Å². The van der Waals surface area contributed by atoms with Crippen LogP contribution in [0.5, 0.6) is 5.75 Å². The zero-order valence-corrected chi connectivity index (χ0v) is 23.7. The average molecular weight is 552 g/mol. The molecule has 0 N–H and O–H groups in total. The highest BCUT2D eigenvalue weighted by atomic mass is 16.5. The van der Waals surface area contributed by atoms with Crippen LogP contribution in [-0.2, 0) is 6.61 Å². The number of benzene rings is 7. The molecule has 2 nitrogen and oxygen atoms in total. The van der Waals surface area contributed by atoms with E-state index in [2.05, 4.69) is 169 Å². The van der Waals surface area contributed by atoms with Crippen molar-refractivity contribution < 1.29 is 4.74 Å². The second kappa shape index (κ2) is 10.7. The SMILES string of the molecule is c1ccc(-c2ccc(N(c3ccc(-c4ccccc4)cc3)c3cccc4c3-c3cc5ccccc5cc3CO4)cc2)cc1. The van der Waals surface area contributed by atoms with Crippen molar-refractivity contribution in [2.75, 3.05) is 4.90 Å². The van der Waals surface area contributed by atoms with E-state index in [1.807, 2.05) is 0 Å². The first kappa shape index (κ1) is 25.1. The maximum atomic E-state index is 6.39. The first-order valence-electron chi connectivity index (χ1n) is 14.7. The largest absolute Gasteiger partial charge is 0.488 e. The van der Waals surface area contributed by atoms with Gasteiger partial charge in [0.15, 0.2) is 0 Å². The Morgan fingerprint density at radius 3 is 1.53 bits per heavy atom. The Morgan fingerprint density at radius 2 is 0.953 bits per heavy atom. The Bertz CT molecular complexity index is 1960. The van der Waals surface area contributed by atoms with Crippen LogP contribution in [-0.4, -0.2) is 0 Å². The summed E-state index contributed by atoms with van der Waals surface area (Å²) in [5, 5.41) is 2.46. The number of hydrogen-bond donors (Lipinski definition) is 0. The van der Waals surface area contributed by atoms with Gasteiger partial charge in [-0.25, -0.2) is 0 Å². The fourth-order valence-electron chi connectivity index (χ4n) is 6.19. The number of nitrogens with zero attached hydrogens (tertiary/aromatic N) is 1. The highest BCUT2D eigenvalue weighted by Crippen LogP contribution is 2.49. The summed E-state index contributed by atoms with van der Waals surface area (Å²) in [5.41, 5.74) is 11.6. The third-order valence-corrected chi connectivity index (χ3v) is 8.33. The quantitative estimate of drug-likeness (QED) is 0.211. The van der Waals surface area contributed by atoms with Crippen molar-refractivity contribution in [3.63, 3.8) is 0 Å². The second-order valence-corrected chi connectivity index (χ2v) is 11.0.